The van der Waals surface area contributed by atoms with Gasteiger partial charge in [0, 0.05) is 16.7 Å². The number of anilines is 1. The monoisotopic (exact) mass is 464 g/mol. The van der Waals surface area contributed by atoms with Crippen LogP contribution in [0.15, 0.2) is 77.2 Å². The molecule has 2 amide bonds. The fraction of sp³-hybridized carbons (Fsp3) is 0.125. The van der Waals surface area contributed by atoms with E-state index >= 15 is 0 Å². The fourth-order valence-electron chi connectivity index (χ4n) is 3.18. The molecule has 8 nitrogen and oxygen atoms in total. The lowest BCUT2D eigenvalue weighted by atomic mass is 10.1. The maximum atomic E-state index is 12.9. The lowest BCUT2D eigenvalue weighted by molar-refractivity contribution is 0.248. The van der Waals surface area contributed by atoms with Crippen molar-refractivity contribution in [3.8, 4) is 23.0 Å². The predicted octanol–water partition coefficient (Wildman–Crippen LogP) is 5.32. The number of benzene rings is 3. The lowest BCUT2D eigenvalue weighted by Crippen LogP contribution is -2.33. The zero-order chi connectivity index (χ0) is 23.2. The van der Waals surface area contributed by atoms with Crippen LogP contribution in [0.25, 0.3) is 11.5 Å². The van der Waals surface area contributed by atoms with Crippen molar-refractivity contribution in [2.24, 2.45) is 0 Å². The van der Waals surface area contributed by atoms with E-state index in [-0.39, 0.29) is 5.89 Å². The van der Waals surface area contributed by atoms with E-state index in [1.54, 1.807) is 49.6 Å². The number of halogens is 1. The maximum absolute atomic E-state index is 12.9. The zero-order valence-electron chi connectivity index (χ0n) is 17.9. The SMILES string of the molecule is COc1ccc(NC(=O)N[C@H](c2ccc(Cl)cc2)c2nnc(-c3ccccc3)o2)c(OC)c1. The Hall–Kier alpha value is -4.04. The van der Waals surface area contributed by atoms with Crippen LogP contribution in [-0.2, 0) is 0 Å². The van der Waals surface area contributed by atoms with Crippen molar-refractivity contribution in [3.63, 3.8) is 0 Å². The molecule has 0 bridgehead atoms. The van der Waals surface area contributed by atoms with Gasteiger partial charge in [0.15, 0.2) is 0 Å². The van der Waals surface area contributed by atoms with Crippen LogP contribution in [0.2, 0.25) is 5.02 Å². The summed E-state index contributed by atoms with van der Waals surface area (Å²) in [6, 6.07) is 20.3. The Balaban J connectivity index is 1.60. The number of carbonyl (C=O) groups is 1. The van der Waals surface area contributed by atoms with E-state index in [0.29, 0.717) is 28.1 Å². The molecule has 0 spiro atoms. The Kier molecular flexibility index (Phi) is 6.75. The van der Waals surface area contributed by atoms with Gasteiger partial charge in [-0.3, -0.25) is 0 Å². The number of nitrogens with zero attached hydrogens (tertiary/aromatic N) is 2. The molecule has 1 heterocycles. The summed E-state index contributed by atoms with van der Waals surface area (Å²) < 4.78 is 16.5. The summed E-state index contributed by atoms with van der Waals surface area (Å²) in [6.45, 7) is 0. The molecule has 0 aliphatic carbocycles. The average molecular weight is 465 g/mol. The lowest BCUT2D eigenvalue weighted by Gasteiger charge is -2.17. The Morgan fingerprint density at radius 3 is 2.42 bits per heavy atom. The summed E-state index contributed by atoms with van der Waals surface area (Å²) in [7, 11) is 3.07. The second-order valence-electron chi connectivity index (χ2n) is 6.96. The molecule has 2 N–H and O–H groups in total. The molecule has 0 radical (unpaired) electrons. The number of urea groups is 1. The summed E-state index contributed by atoms with van der Waals surface area (Å²) in [5.74, 6) is 1.64. The first kappa shape index (κ1) is 22.2. The van der Waals surface area contributed by atoms with Crippen LogP contribution in [-0.4, -0.2) is 30.4 Å². The number of hydrogen-bond donors (Lipinski definition) is 2. The normalized spacial score (nSPS) is 11.5. The van der Waals surface area contributed by atoms with Crippen LogP contribution in [0, 0.1) is 0 Å². The van der Waals surface area contributed by atoms with Crippen molar-refractivity contribution >= 4 is 23.3 Å². The van der Waals surface area contributed by atoms with Gasteiger partial charge in [-0.1, -0.05) is 41.9 Å². The van der Waals surface area contributed by atoms with E-state index in [2.05, 4.69) is 20.8 Å². The first-order chi connectivity index (χ1) is 16.1. The molecule has 0 unspecified atom stereocenters. The highest BCUT2D eigenvalue weighted by molar-refractivity contribution is 6.30. The number of hydrogen-bond acceptors (Lipinski definition) is 6. The van der Waals surface area contributed by atoms with Crippen LogP contribution >= 0.6 is 11.6 Å². The Morgan fingerprint density at radius 1 is 0.970 bits per heavy atom. The van der Waals surface area contributed by atoms with E-state index in [4.69, 9.17) is 25.5 Å². The fourth-order valence-corrected chi connectivity index (χ4v) is 3.31. The third-order valence-electron chi connectivity index (χ3n) is 4.84. The molecule has 1 atom stereocenters. The number of amides is 2. The molecular weight excluding hydrogens is 444 g/mol. The molecule has 3 aromatic carbocycles. The second-order valence-corrected chi connectivity index (χ2v) is 7.40. The third-order valence-corrected chi connectivity index (χ3v) is 5.10. The van der Waals surface area contributed by atoms with E-state index in [1.165, 1.54) is 7.11 Å². The largest absolute Gasteiger partial charge is 0.497 e. The van der Waals surface area contributed by atoms with Crippen LogP contribution in [0.3, 0.4) is 0 Å². The number of nitrogens with one attached hydrogen (secondary N) is 2. The third kappa shape index (κ3) is 5.24. The van der Waals surface area contributed by atoms with Crippen LogP contribution in [0.4, 0.5) is 10.5 Å². The summed E-state index contributed by atoms with van der Waals surface area (Å²) in [6.07, 6.45) is 0. The quantitative estimate of drug-likeness (QED) is 0.384. The highest BCUT2D eigenvalue weighted by Gasteiger charge is 2.24. The van der Waals surface area contributed by atoms with Gasteiger partial charge in [-0.05, 0) is 42.0 Å². The highest BCUT2D eigenvalue weighted by Crippen LogP contribution is 2.30. The van der Waals surface area contributed by atoms with E-state index < -0.39 is 12.1 Å². The van der Waals surface area contributed by atoms with E-state index in [0.717, 1.165) is 11.1 Å². The molecule has 0 aliphatic heterocycles. The molecule has 0 aliphatic rings. The maximum Gasteiger partial charge on any atom is 0.320 e. The van der Waals surface area contributed by atoms with Crippen LogP contribution in [0.1, 0.15) is 17.5 Å². The van der Waals surface area contributed by atoms with Gasteiger partial charge in [0.25, 0.3) is 0 Å². The van der Waals surface area contributed by atoms with Gasteiger partial charge in [0.2, 0.25) is 11.8 Å². The number of ether oxygens (including phenoxy) is 2. The minimum absolute atomic E-state index is 0.230. The summed E-state index contributed by atoms with van der Waals surface area (Å²) in [5.41, 5.74) is 1.97. The van der Waals surface area contributed by atoms with Crippen LogP contribution < -0.4 is 20.1 Å². The number of methoxy groups -OCH3 is 2. The van der Waals surface area contributed by atoms with Crippen molar-refractivity contribution in [2.75, 3.05) is 19.5 Å². The van der Waals surface area contributed by atoms with Crippen LogP contribution in [0.5, 0.6) is 11.5 Å². The first-order valence-electron chi connectivity index (χ1n) is 10.0. The summed E-state index contributed by atoms with van der Waals surface area (Å²) >= 11 is 6.04. The topological polar surface area (TPSA) is 98.5 Å². The van der Waals surface area contributed by atoms with Crippen molar-refractivity contribution in [1.29, 1.82) is 0 Å². The van der Waals surface area contributed by atoms with Crippen molar-refractivity contribution in [1.82, 2.24) is 15.5 Å². The summed E-state index contributed by atoms with van der Waals surface area (Å²) in [4.78, 5) is 12.9. The van der Waals surface area contributed by atoms with Gasteiger partial charge >= 0.3 is 6.03 Å². The van der Waals surface area contributed by atoms with Gasteiger partial charge in [-0.2, -0.15) is 0 Å². The molecule has 0 saturated carbocycles. The molecule has 9 heteroatoms. The molecule has 33 heavy (non-hydrogen) atoms. The number of rotatable bonds is 7. The average Bonchev–Trinajstić information content (AvgIpc) is 3.34. The number of aromatic nitrogens is 2. The molecule has 0 saturated heterocycles. The smallest absolute Gasteiger partial charge is 0.320 e. The molecule has 0 fully saturated rings. The number of carbonyl (C=O) groups excluding carboxylic acids is 1. The summed E-state index contributed by atoms with van der Waals surface area (Å²) in [5, 5.41) is 14.6. The van der Waals surface area contributed by atoms with Gasteiger partial charge < -0.3 is 24.5 Å². The van der Waals surface area contributed by atoms with Crippen molar-refractivity contribution < 1.29 is 18.7 Å². The van der Waals surface area contributed by atoms with Crippen molar-refractivity contribution in [3.05, 3.63) is 89.3 Å². The predicted molar refractivity (Wildman–Crippen MR) is 125 cm³/mol. The molecular formula is C24H21ClN4O4. The Bertz CT molecular complexity index is 1230. The second kappa shape index (κ2) is 10.1. The molecule has 4 aromatic rings. The highest BCUT2D eigenvalue weighted by atomic mass is 35.5. The standard InChI is InChI=1S/C24H21ClN4O4/c1-31-18-12-13-19(20(14-18)32-2)26-24(30)27-21(15-8-10-17(25)11-9-15)23-29-28-22(33-23)16-6-4-3-5-7-16/h3-14,21H,1-2H3,(H2,26,27,30)/t21-/m1/s1. The van der Waals surface area contributed by atoms with E-state index in [9.17, 15) is 4.79 Å². The van der Waals surface area contributed by atoms with Gasteiger partial charge in [0.1, 0.15) is 17.5 Å². The van der Waals surface area contributed by atoms with Gasteiger partial charge in [0.05, 0.1) is 19.9 Å². The molecule has 4 rings (SSSR count). The molecule has 1 aromatic heterocycles. The Morgan fingerprint density at radius 2 is 1.73 bits per heavy atom. The van der Waals surface area contributed by atoms with Gasteiger partial charge in [-0.15, -0.1) is 10.2 Å². The Labute approximate surface area is 195 Å². The molecule has 168 valence electrons. The minimum atomic E-state index is -0.712. The van der Waals surface area contributed by atoms with Gasteiger partial charge in [-0.25, -0.2) is 4.79 Å². The zero-order valence-corrected chi connectivity index (χ0v) is 18.7. The minimum Gasteiger partial charge on any atom is -0.497 e. The van der Waals surface area contributed by atoms with Crippen molar-refractivity contribution in [2.45, 2.75) is 6.04 Å². The first-order valence-corrected chi connectivity index (χ1v) is 10.4. The van der Waals surface area contributed by atoms with E-state index in [1.807, 2.05) is 30.3 Å².